The summed E-state index contributed by atoms with van der Waals surface area (Å²) in [5.74, 6) is 0.695. The molecule has 106 valence electrons. The topological polar surface area (TPSA) is 38.7 Å². The van der Waals surface area contributed by atoms with E-state index in [0.29, 0.717) is 12.4 Å². The third kappa shape index (κ3) is 3.18. The normalized spacial score (nSPS) is 13.8. The Balaban J connectivity index is 2.31. The van der Waals surface area contributed by atoms with Gasteiger partial charge in [0.15, 0.2) is 0 Å². The lowest BCUT2D eigenvalue weighted by molar-refractivity contribution is -0.0161. The summed E-state index contributed by atoms with van der Waals surface area (Å²) < 4.78 is 11.1. The van der Waals surface area contributed by atoms with Gasteiger partial charge < -0.3 is 14.6 Å². The molecule has 0 aromatic heterocycles. The van der Waals surface area contributed by atoms with E-state index in [4.69, 9.17) is 9.47 Å². The van der Waals surface area contributed by atoms with Gasteiger partial charge in [0.25, 0.3) is 0 Å². The molecule has 20 heavy (non-hydrogen) atoms. The fourth-order valence-electron chi connectivity index (χ4n) is 2.26. The minimum absolute atomic E-state index is 0.419. The van der Waals surface area contributed by atoms with E-state index in [9.17, 15) is 5.11 Å². The van der Waals surface area contributed by atoms with Crippen LogP contribution in [0.1, 0.15) is 30.3 Å². The maximum absolute atomic E-state index is 10.6. The molecular weight excluding hydrogens is 252 g/mol. The van der Waals surface area contributed by atoms with E-state index in [0.717, 1.165) is 11.1 Å². The number of hydrogen-bond donors (Lipinski definition) is 1. The number of ether oxygens (including phenoxy) is 2. The summed E-state index contributed by atoms with van der Waals surface area (Å²) in [7, 11) is 1.60. The van der Waals surface area contributed by atoms with Crippen LogP contribution in [0.3, 0.4) is 0 Å². The molecule has 0 radical (unpaired) electrons. The van der Waals surface area contributed by atoms with Crippen molar-refractivity contribution in [1.29, 1.82) is 0 Å². The highest BCUT2D eigenvalue weighted by Gasteiger charge is 2.24. The first-order chi connectivity index (χ1) is 9.77. The van der Waals surface area contributed by atoms with Gasteiger partial charge in [0.2, 0.25) is 0 Å². The van der Waals surface area contributed by atoms with Crippen LogP contribution in [0.4, 0.5) is 0 Å². The summed E-state index contributed by atoms with van der Waals surface area (Å²) in [5, 5.41) is 10.6. The van der Waals surface area contributed by atoms with Crippen molar-refractivity contribution in [2.75, 3.05) is 13.7 Å². The van der Waals surface area contributed by atoms with Crippen molar-refractivity contribution in [3.8, 4) is 5.75 Å². The van der Waals surface area contributed by atoms with E-state index in [1.165, 1.54) is 0 Å². The first kappa shape index (κ1) is 14.6. The van der Waals surface area contributed by atoms with Crippen LogP contribution in [0.25, 0.3) is 0 Å². The summed E-state index contributed by atoms with van der Waals surface area (Å²) in [5.41, 5.74) is 1.68. The molecule has 3 heteroatoms. The second kappa shape index (κ2) is 7.08. The van der Waals surface area contributed by atoms with Crippen molar-refractivity contribution in [3.05, 3.63) is 65.7 Å². The molecule has 0 bridgehead atoms. The summed E-state index contributed by atoms with van der Waals surface area (Å²) in [4.78, 5) is 0. The zero-order valence-electron chi connectivity index (χ0n) is 11.8. The Bertz CT molecular complexity index is 525. The number of benzene rings is 2. The molecule has 0 amide bonds. The summed E-state index contributed by atoms with van der Waals surface area (Å²) in [6.45, 7) is 2.49. The van der Waals surface area contributed by atoms with Crippen molar-refractivity contribution < 1.29 is 14.6 Å². The molecule has 0 aliphatic heterocycles. The van der Waals surface area contributed by atoms with Crippen LogP contribution in [0.15, 0.2) is 54.6 Å². The number of aliphatic hydroxyl groups is 1. The number of para-hydroxylation sites is 1. The van der Waals surface area contributed by atoms with Crippen LogP contribution < -0.4 is 4.74 Å². The van der Waals surface area contributed by atoms with Crippen molar-refractivity contribution in [1.82, 2.24) is 0 Å². The van der Waals surface area contributed by atoms with Gasteiger partial charge in [-0.25, -0.2) is 0 Å². The predicted molar refractivity (Wildman–Crippen MR) is 78.8 cm³/mol. The fourth-order valence-corrected chi connectivity index (χ4v) is 2.26. The molecule has 2 aromatic rings. The van der Waals surface area contributed by atoms with Gasteiger partial charge in [0.05, 0.1) is 6.61 Å². The minimum atomic E-state index is -0.773. The highest BCUT2D eigenvalue weighted by Crippen LogP contribution is 2.35. The van der Waals surface area contributed by atoms with Crippen LogP contribution in [0, 0.1) is 0 Å². The van der Waals surface area contributed by atoms with Gasteiger partial charge in [-0.1, -0.05) is 48.5 Å². The minimum Gasteiger partial charge on any atom is -0.493 e. The first-order valence-electron chi connectivity index (χ1n) is 6.75. The number of methoxy groups -OCH3 is 1. The highest BCUT2D eigenvalue weighted by atomic mass is 16.5. The monoisotopic (exact) mass is 272 g/mol. The van der Waals surface area contributed by atoms with Crippen molar-refractivity contribution in [2.24, 2.45) is 0 Å². The van der Waals surface area contributed by atoms with Crippen LogP contribution in [0.5, 0.6) is 5.75 Å². The fraction of sp³-hybridized carbons (Fsp3) is 0.294. The largest absolute Gasteiger partial charge is 0.493 e. The molecule has 2 unspecified atom stereocenters. The summed E-state index contributed by atoms with van der Waals surface area (Å²) in [6, 6.07) is 17.2. The van der Waals surface area contributed by atoms with Gasteiger partial charge in [-0.15, -0.1) is 0 Å². The summed E-state index contributed by atoms with van der Waals surface area (Å²) in [6.07, 6.45) is -1.19. The lowest BCUT2D eigenvalue weighted by Crippen LogP contribution is -2.14. The highest BCUT2D eigenvalue weighted by molar-refractivity contribution is 5.37. The Labute approximate surface area is 119 Å². The maximum atomic E-state index is 10.6. The Hall–Kier alpha value is -1.84. The van der Waals surface area contributed by atoms with Gasteiger partial charge in [-0.3, -0.25) is 0 Å². The average molecular weight is 272 g/mol. The Kier molecular flexibility index (Phi) is 5.16. The number of rotatable bonds is 6. The predicted octanol–water partition coefficient (Wildman–Crippen LogP) is 3.51. The van der Waals surface area contributed by atoms with Crippen molar-refractivity contribution >= 4 is 0 Å². The average Bonchev–Trinajstić information content (AvgIpc) is 2.50. The van der Waals surface area contributed by atoms with Crippen molar-refractivity contribution in [3.63, 3.8) is 0 Å². The molecule has 0 aliphatic carbocycles. The smallest absolute Gasteiger partial charge is 0.125 e. The van der Waals surface area contributed by atoms with E-state index in [-0.39, 0.29) is 0 Å². The number of aliphatic hydroxyl groups excluding tert-OH is 1. The van der Waals surface area contributed by atoms with Gasteiger partial charge in [0.1, 0.15) is 18.0 Å². The Morgan fingerprint density at radius 3 is 2.30 bits per heavy atom. The van der Waals surface area contributed by atoms with E-state index in [1.54, 1.807) is 7.11 Å². The van der Waals surface area contributed by atoms with Gasteiger partial charge >= 0.3 is 0 Å². The van der Waals surface area contributed by atoms with E-state index >= 15 is 0 Å². The van der Waals surface area contributed by atoms with Crippen LogP contribution in [-0.2, 0) is 4.74 Å². The van der Waals surface area contributed by atoms with Gasteiger partial charge in [0, 0.05) is 12.7 Å². The van der Waals surface area contributed by atoms with Crippen LogP contribution in [0.2, 0.25) is 0 Å². The third-order valence-corrected chi connectivity index (χ3v) is 3.21. The number of hydrogen-bond acceptors (Lipinski definition) is 3. The van der Waals surface area contributed by atoms with E-state index in [1.807, 2.05) is 61.5 Å². The summed E-state index contributed by atoms with van der Waals surface area (Å²) >= 11 is 0. The standard InChI is InChI=1S/C17H20O3/c1-3-20-15-12-8-7-11-14(15)16(18)17(19-2)13-9-5-4-6-10-13/h4-12,16-18H,3H2,1-2H3. The quantitative estimate of drug-likeness (QED) is 0.874. The molecule has 0 spiro atoms. The molecular formula is C17H20O3. The van der Waals surface area contributed by atoms with E-state index < -0.39 is 12.2 Å². The lowest BCUT2D eigenvalue weighted by Gasteiger charge is -2.24. The molecule has 2 atom stereocenters. The first-order valence-corrected chi connectivity index (χ1v) is 6.75. The third-order valence-electron chi connectivity index (χ3n) is 3.21. The molecule has 2 aromatic carbocycles. The van der Waals surface area contributed by atoms with E-state index in [2.05, 4.69) is 0 Å². The SMILES string of the molecule is CCOc1ccccc1C(O)C(OC)c1ccccc1. The molecule has 0 aliphatic rings. The second-order valence-electron chi connectivity index (χ2n) is 4.48. The molecule has 1 N–H and O–H groups in total. The van der Waals surface area contributed by atoms with Gasteiger partial charge in [-0.2, -0.15) is 0 Å². The van der Waals surface area contributed by atoms with Crippen LogP contribution >= 0.6 is 0 Å². The van der Waals surface area contributed by atoms with Gasteiger partial charge in [-0.05, 0) is 18.6 Å². The van der Waals surface area contributed by atoms with Crippen molar-refractivity contribution in [2.45, 2.75) is 19.1 Å². The Morgan fingerprint density at radius 1 is 1.00 bits per heavy atom. The Morgan fingerprint density at radius 2 is 1.65 bits per heavy atom. The second-order valence-corrected chi connectivity index (χ2v) is 4.48. The maximum Gasteiger partial charge on any atom is 0.125 e. The molecule has 0 heterocycles. The zero-order chi connectivity index (χ0) is 14.4. The molecule has 0 fully saturated rings. The molecule has 2 rings (SSSR count). The molecule has 3 nitrogen and oxygen atoms in total. The molecule has 0 saturated heterocycles. The van der Waals surface area contributed by atoms with Crippen LogP contribution in [-0.4, -0.2) is 18.8 Å². The zero-order valence-corrected chi connectivity index (χ0v) is 11.8. The molecule has 0 saturated carbocycles. The lowest BCUT2D eigenvalue weighted by atomic mass is 9.97.